The highest BCUT2D eigenvalue weighted by molar-refractivity contribution is 6.03. The molecule has 0 spiro atoms. The number of piperazine rings is 1. The summed E-state index contributed by atoms with van der Waals surface area (Å²) < 4.78 is 26.7. The molecule has 2 amide bonds. The smallest absolute Gasteiger partial charge is 0.274 e. The third kappa shape index (κ3) is 4.36. The van der Waals surface area contributed by atoms with E-state index in [2.05, 4.69) is 15.3 Å². The second kappa shape index (κ2) is 7.65. The van der Waals surface area contributed by atoms with Crippen LogP contribution < -0.4 is 10.2 Å². The molecular formula is C18H19F2N5O2. The number of hydrogen-bond acceptors (Lipinski definition) is 5. The topological polar surface area (TPSA) is 78.4 Å². The van der Waals surface area contributed by atoms with Crippen molar-refractivity contribution in [3.63, 3.8) is 0 Å². The third-order valence-electron chi connectivity index (χ3n) is 4.29. The lowest BCUT2D eigenvalue weighted by Gasteiger charge is -2.35. The van der Waals surface area contributed by atoms with Crippen LogP contribution in [0.5, 0.6) is 0 Å². The minimum atomic E-state index is -0.866. The molecule has 0 radical (unpaired) electrons. The van der Waals surface area contributed by atoms with E-state index < -0.39 is 17.5 Å². The van der Waals surface area contributed by atoms with Gasteiger partial charge in [0.05, 0.1) is 5.69 Å². The van der Waals surface area contributed by atoms with E-state index >= 15 is 0 Å². The number of anilines is 2. The molecule has 27 heavy (non-hydrogen) atoms. The SMILES string of the molecule is CC(=O)N1CCN(c2cc(C(=O)Nc3ccc(F)cc3F)nc(C)n2)CC1. The van der Waals surface area contributed by atoms with Gasteiger partial charge in [-0.1, -0.05) is 0 Å². The average Bonchev–Trinajstić information content (AvgIpc) is 2.63. The van der Waals surface area contributed by atoms with Crippen molar-refractivity contribution in [1.29, 1.82) is 0 Å². The Morgan fingerprint density at radius 1 is 1.07 bits per heavy atom. The van der Waals surface area contributed by atoms with Gasteiger partial charge < -0.3 is 15.1 Å². The van der Waals surface area contributed by atoms with Crippen molar-refractivity contribution in [2.45, 2.75) is 13.8 Å². The van der Waals surface area contributed by atoms with Gasteiger partial charge in [0, 0.05) is 45.2 Å². The number of nitrogens with zero attached hydrogens (tertiary/aromatic N) is 4. The Hall–Kier alpha value is -3.10. The van der Waals surface area contributed by atoms with Crippen molar-refractivity contribution in [3.8, 4) is 0 Å². The predicted molar refractivity (Wildman–Crippen MR) is 95.5 cm³/mol. The van der Waals surface area contributed by atoms with Crippen molar-refractivity contribution in [2.75, 3.05) is 36.4 Å². The highest BCUT2D eigenvalue weighted by Gasteiger charge is 2.21. The standard InChI is InChI=1S/C18H19F2N5O2/c1-11-21-16(18(27)23-15-4-3-13(19)9-14(15)20)10-17(22-11)25-7-5-24(6-8-25)12(2)26/h3-4,9-10H,5-8H2,1-2H3,(H,23,27). The van der Waals surface area contributed by atoms with Crippen LogP contribution in [0.1, 0.15) is 23.2 Å². The first-order valence-corrected chi connectivity index (χ1v) is 8.46. The lowest BCUT2D eigenvalue weighted by molar-refractivity contribution is -0.129. The van der Waals surface area contributed by atoms with Crippen LogP contribution >= 0.6 is 0 Å². The molecule has 7 nitrogen and oxygen atoms in total. The Bertz CT molecular complexity index is 882. The number of aryl methyl sites for hydroxylation is 1. The summed E-state index contributed by atoms with van der Waals surface area (Å²) in [5.41, 5.74) is -0.0514. The molecule has 1 fully saturated rings. The van der Waals surface area contributed by atoms with Crippen LogP contribution in [-0.2, 0) is 4.79 Å². The van der Waals surface area contributed by atoms with E-state index in [1.54, 1.807) is 11.8 Å². The first-order chi connectivity index (χ1) is 12.8. The summed E-state index contributed by atoms with van der Waals surface area (Å²) in [6, 6.07) is 4.43. The molecule has 0 bridgehead atoms. The highest BCUT2D eigenvalue weighted by atomic mass is 19.1. The van der Waals surface area contributed by atoms with Gasteiger partial charge in [0.15, 0.2) is 0 Å². The van der Waals surface area contributed by atoms with Crippen LogP contribution in [-0.4, -0.2) is 52.9 Å². The molecule has 1 N–H and O–H groups in total. The molecular weight excluding hydrogens is 356 g/mol. The Kier molecular flexibility index (Phi) is 5.29. The largest absolute Gasteiger partial charge is 0.353 e. The zero-order valence-corrected chi connectivity index (χ0v) is 15.0. The predicted octanol–water partition coefficient (Wildman–Crippen LogP) is 1.98. The van der Waals surface area contributed by atoms with Gasteiger partial charge in [0.1, 0.15) is 29.0 Å². The number of carbonyl (C=O) groups excluding carboxylic acids is 2. The Morgan fingerprint density at radius 3 is 2.41 bits per heavy atom. The van der Waals surface area contributed by atoms with Crippen LogP contribution in [0.25, 0.3) is 0 Å². The van der Waals surface area contributed by atoms with E-state index in [-0.39, 0.29) is 17.3 Å². The molecule has 1 aromatic carbocycles. The lowest BCUT2D eigenvalue weighted by Crippen LogP contribution is -2.48. The van der Waals surface area contributed by atoms with Crippen molar-refractivity contribution in [3.05, 3.63) is 47.4 Å². The fourth-order valence-electron chi connectivity index (χ4n) is 2.86. The van der Waals surface area contributed by atoms with Crippen molar-refractivity contribution < 1.29 is 18.4 Å². The Labute approximate surface area is 155 Å². The Balaban J connectivity index is 1.77. The minimum absolute atomic E-state index is 0.0231. The van der Waals surface area contributed by atoms with E-state index in [4.69, 9.17) is 0 Å². The first-order valence-electron chi connectivity index (χ1n) is 8.46. The van der Waals surface area contributed by atoms with E-state index in [9.17, 15) is 18.4 Å². The van der Waals surface area contributed by atoms with Gasteiger partial charge in [0.25, 0.3) is 5.91 Å². The van der Waals surface area contributed by atoms with E-state index in [0.717, 1.165) is 12.1 Å². The molecule has 2 aromatic rings. The number of nitrogens with one attached hydrogen (secondary N) is 1. The van der Waals surface area contributed by atoms with Crippen LogP contribution in [0.3, 0.4) is 0 Å². The number of hydrogen-bond donors (Lipinski definition) is 1. The minimum Gasteiger partial charge on any atom is -0.353 e. The first kappa shape index (κ1) is 18.7. The fraction of sp³-hybridized carbons (Fsp3) is 0.333. The second-order valence-electron chi connectivity index (χ2n) is 6.23. The summed E-state index contributed by atoms with van der Waals surface area (Å²) in [5, 5.41) is 2.39. The lowest BCUT2D eigenvalue weighted by atomic mass is 10.2. The molecule has 0 unspecified atom stereocenters. The summed E-state index contributed by atoms with van der Waals surface area (Å²) in [6.07, 6.45) is 0. The van der Waals surface area contributed by atoms with Gasteiger partial charge in [0.2, 0.25) is 5.91 Å². The number of aromatic nitrogens is 2. The molecule has 0 saturated carbocycles. The fourth-order valence-corrected chi connectivity index (χ4v) is 2.86. The van der Waals surface area contributed by atoms with E-state index in [1.807, 2.05) is 4.90 Å². The quantitative estimate of drug-likeness (QED) is 0.888. The molecule has 9 heteroatoms. The van der Waals surface area contributed by atoms with Crippen LogP contribution in [0, 0.1) is 18.6 Å². The maximum atomic E-state index is 13.7. The summed E-state index contributed by atoms with van der Waals surface area (Å²) in [6.45, 7) is 5.50. The second-order valence-corrected chi connectivity index (χ2v) is 6.23. The molecule has 3 rings (SSSR count). The van der Waals surface area contributed by atoms with E-state index in [1.165, 1.54) is 13.0 Å². The molecule has 2 heterocycles. The Morgan fingerprint density at radius 2 is 1.78 bits per heavy atom. The number of rotatable bonds is 3. The van der Waals surface area contributed by atoms with Crippen LogP contribution in [0.15, 0.2) is 24.3 Å². The van der Waals surface area contributed by atoms with Crippen LogP contribution in [0.2, 0.25) is 0 Å². The van der Waals surface area contributed by atoms with Crippen molar-refractivity contribution in [1.82, 2.24) is 14.9 Å². The normalized spacial score (nSPS) is 14.2. The molecule has 1 aliphatic heterocycles. The molecule has 0 atom stereocenters. The monoisotopic (exact) mass is 375 g/mol. The molecule has 1 aliphatic rings. The van der Waals surface area contributed by atoms with Crippen molar-refractivity contribution in [2.24, 2.45) is 0 Å². The van der Waals surface area contributed by atoms with E-state index in [0.29, 0.717) is 43.9 Å². The maximum absolute atomic E-state index is 13.7. The van der Waals surface area contributed by atoms with Crippen molar-refractivity contribution >= 4 is 23.3 Å². The van der Waals surface area contributed by atoms with Gasteiger partial charge in [-0.2, -0.15) is 0 Å². The van der Waals surface area contributed by atoms with Gasteiger partial charge in [-0.3, -0.25) is 9.59 Å². The van der Waals surface area contributed by atoms with Gasteiger partial charge in [-0.25, -0.2) is 18.7 Å². The maximum Gasteiger partial charge on any atom is 0.274 e. The third-order valence-corrected chi connectivity index (χ3v) is 4.29. The number of amides is 2. The summed E-state index contributed by atoms with van der Waals surface area (Å²) in [4.78, 5) is 36.0. The molecule has 142 valence electrons. The molecule has 1 saturated heterocycles. The molecule has 1 aromatic heterocycles. The number of benzene rings is 1. The van der Waals surface area contributed by atoms with Gasteiger partial charge >= 0.3 is 0 Å². The van der Waals surface area contributed by atoms with Crippen LogP contribution in [0.4, 0.5) is 20.3 Å². The zero-order valence-electron chi connectivity index (χ0n) is 15.0. The summed E-state index contributed by atoms with van der Waals surface area (Å²) >= 11 is 0. The molecule has 0 aliphatic carbocycles. The van der Waals surface area contributed by atoms with Gasteiger partial charge in [-0.05, 0) is 19.1 Å². The average molecular weight is 375 g/mol. The number of carbonyl (C=O) groups is 2. The zero-order chi connectivity index (χ0) is 19.6. The number of halogens is 2. The summed E-state index contributed by atoms with van der Waals surface area (Å²) in [5.74, 6) is -1.23. The van der Waals surface area contributed by atoms with Gasteiger partial charge in [-0.15, -0.1) is 0 Å². The highest BCUT2D eigenvalue weighted by Crippen LogP contribution is 2.18. The summed E-state index contributed by atoms with van der Waals surface area (Å²) in [7, 11) is 0.